The zero-order chi connectivity index (χ0) is 12.4. The Morgan fingerprint density at radius 3 is 2.65 bits per heavy atom. The molecule has 17 heavy (non-hydrogen) atoms. The summed E-state index contributed by atoms with van der Waals surface area (Å²) >= 11 is 6.86. The molecule has 7 heteroatoms. The molecule has 1 atom stereocenters. The fourth-order valence-corrected chi connectivity index (χ4v) is 2.62. The maximum atomic E-state index is 5.63. The number of aryl methyl sites for hydroxylation is 1. The molecule has 0 aliphatic rings. The molecule has 2 heterocycles. The number of halogens is 2. The smallest absolute Gasteiger partial charge is 0.0904 e. The zero-order valence-corrected chi connectivity index (χ0v) is 12.2. The molecule has 0 aromatic carbocycles. The Labute approximate surface area is 116 Å². The molecule has 2 aromatic rings. The lowest BCUT2D eigenvalue weighted by Crippen LogP contribution is -2.30. The molecule has 2 aromatic heterocycles. The largest absolute Gasteiger partial charge is 0.271 e. The van der Waals surface area contributed by atoms with Crippen molar-refractivity contribution in [3.05, 3.63) is 44.9 Å². The second-order valence-corrected chi connectivity index (χ2v) is 5.31. The molecule has 0 bridgehead atoms. The summed E-state index contributed by atoms with van der Waals surface area (Å²) in [6.07, 6.45) is 5.25. The summed E-state index contributed by atoms with van der Waals surface area (Å²) in [6, 6.07) is 1.80. The molecule has 0 aliphatic carbocycles. The van der Waals surface area contributed by atoms with Crippen LogP contribution >= 0.6 is 31.9 Å². The monoisotopic (exact) mass is 359 g/mol. The van der Waals surface area contributed by atoms with E-state index in [9.17, 15) is 0 Å². The van der Waals surface area contributed by atoms with Gasteiger partial charge in [0.15, 0.2) is 0 Å². The number of hydrogen-bond acceptors (Lipinski definition) is 4. The first-order valence-electron chi connectivity index (χ1n) is 4.87. The lowest BCUT2D eigenvalue weighted by molar-refractivity contribution is 0.571. The van der Waals surface area contributed by atoms with Gasteiger partial charge in [0.25, 0.3) is 0 Å². The van der Waals surface area contributed by atoms with Gasteiger partial charge in [-0.15, -0.1) is 0 Å². The van der Waals surface area contributed by atoms with Gasteiger partial charge in [0.05, 0.1) is 22.4 Å². The highest BCUT2D eigenvalue weighted by Crippen LogP contribution is 2.28. The molecule has 5 nitrogen and oxygen atoms in total. The van der Waals surface area contributed by atoms with E-state index in [1.54, 1.807) is 23.3 Å². The van der Waals surface area contributed by atoms with Crippen LogP contribution < -0.4 is 11.3 Å². The van der Waals surface area contributed by atoms with Crippen LogP contribution in [0.3, 0.4) is 0 Å². The summed E-state index contributed by atoms with van der Waals surface area (Å²) in [5.74, 6) is 5.63. The van der Waals surface area contributed by atoms with Gasteiger partial charge in [-0.25, -0.2) is 5.43 Å². The summed E-state index contributed by atoms with van der Waals surface area (Å²) in [5.41, 5.74) is 4.69. The molecule has 0 aliphatic heterocycles. The van der Waals surface area contributed by atoms with Gasteiger partial charge in [-0.1, -0.05) is 0 Å². The van der Waals surface area contributed by atoms with Crippen molar-refractivity contribution in [2.24, 2.45) is 12.9 Å². The van der Waals surface area contributed by atoms with E-state index in [4.69, 9.17) is 5.84 Å². The summed E-state index contributed by atoms with van der Waals surface area (Å²) in [4.78, 5) is 4.13. The van der Waals surface area contributed by atoms with Crippen molar-refractivity contribution in [1.29, 1.82) is 0 Å². The van der Waals surface area contributed by atoms with Crippen LogP contribution in [0.2, 0.25) is 0 Å². The van der Waals surface area contributed by atoms with Gasteiger partial charge in [-0.2, -0.15) is 5.10 Å². The Kier molecular flexibility index (Phi) is 3.93. The third kappa shape index (κ3) is 2.57. The average molecular weight is 361 g/mol. The van der Waals surface area contributed by atoms with Gasteiger partial charge in [0.2, 0.25) is 0 Å². The van der Waals surface area contributed by atoms with Crippen molar-refractivity contribution in [3.63, 3.8) is 0 Å². The maximum absolute atomic E-state index is 5.63. The second kappa shape index (κ2) is 5.26. The van der Waals surface area contributed by atoms with Crippen LogP contribution in [-0.2, 0) is 7.05 Å². The first-order chi connectivity index (χ1) is 8.13. The van der Waals surface area contributed by atoms with Gasteiger partial charge in [-0.3, -0.25) is 15.5 Å². The topological polar surface area (TPSA) is 68.8 Å². The van der Waals surface area contributed by atoms with Crippen LogP contribution in [0.25, 0.3) is 0 Å². The van der Waals surface area contributed by atoms with E-state index in [0.717, 1.165) is 20.2 Å². The van der Waals surface area contributed by atoms with Crippen molar-refractivity contribution in [3.8, 4) is 0 Å². The van der Waals surface area contributed by atoms with Gasteiger partial charge in [0.1, 0.15) is 0 Å². The third-order valence-corrected chi connectivity index (χ3v) is 3.48. The fourth-order valence-electron chi connectivity index (χ4n) is 1.66. The Hall–Kier alpha value is -0.760. The van der Waals surface area contributed by atoms with Crippen LogP contribution in [0, 0.1) is 0 Å². The van der Waals surface area contributed by atoms with E-state index in [2.05, 4.69) is 47.4 Å². The van der Waals surface area contributed by atoms with Gasteiger partial charge >= 0.3 is 0 Å². The van der Waals surface area contributed by atoms with E-state index in [0.29, 0.717) is 0 Å². The van der Waals surface area contributed by atoms with E-state index in [1.807, 2.05) is 13.1 Å². The molecule has 3 N–H and O–H groups in total. The van der Waals surface area contributed by atoms with Gasteiger partial charge < -0.3 is 0 Å². The van der Waals surface area contributed by atoms with Crippen molar-refractivity contribution in [1.82, 2.24) is 20.2 Å². The first-order valence-corrected chi connectivity index (χ1v) is 6.46. The maximum Gasteiger partial charge on any atom is 0.0904 e. The SMILES string of the molecule is Cn1ncc(Br)c1C(NN)c1cncc(Br)c1. The Bertz CT molecular complexity index is 506. The third-order valence-electron chi connectivity index (χ3n) is 2.44. The van der Waals surface area contributed by atoms with Crippen LogP contribution in [-0.4, -0.2) is 14.8 Å². The van der Waals surface area contributed by atoms with Crippen LogP contribution in [0.4, 0.5) is 0 Å². The number of rotatable bonds is 3. The van der Waals surface area contributed by atoms with Crippen LogP contribution in [0.5, 0.6) is 0 Å². The normalized spacial score (nSPS) is 12.7. The molecular formula is C10H11Br2N5. The second-order valence-electron chi connectivity index (χ2n) is 3.54. The van der Waals surface area contributed by atoms with Crippen molar-refractivity contribution < 1.29 is 0 Å². The molecular weight excluding hydrogens is 350 g/mol. The number of nitrogens with two attached hydrogens (primary N) is 1. The number of hydrogen-bond donors (Lipinski definition) is 2. The number of nitrogens with zero attached hydrogens (tertiary/aromatic N) is 3. The van der Waals surface area contributed by atoms with Crippen molar-refractivity contribution in [2.45, 2.75) is 6.04 Å². The quantitative estimate of drug-likeness (QED) is 0.647. The molecule has 0 radical (unpaired) electrons. The average Bonchev–Trinajstić information content (AvgIpc) is 2.62. The fraction of sp³-hybridized carbons (Fsp3) is 0.200. The van der Waals surface area contributed by atoms with E-state index in [1.165, 1.54) is 0 Å². The molecule has 0 fully saturated rings. The number of hydrazine groups is 1. The highest BCUT2D eigenvalue weighted by Gasteiger charge is 2.19. The molecule has 1 unspecified atom stereocenters. The summed E-state index contributed by atoms with van der Waals surface area (Å²) in [6.45, 7) is 0. The summed E-state index contributed by atoms with van der Waals surface area (Å²) in [7, 11) is 1.87. The predicted octanol–water partition coefficient (Wildman–Crippen LogP) is 1.89. The summed E-state index contributed by atoms with van der Waals surface area (Å²) < 4.78 is 3.59. The minimum absolute atomic E-state index is 0.165. The molecule has 0 saturated carbocycles. The lowest BCUT2D eigenvalue weighted by Gasteiger charge is -2.17. The van der Waals surface area contributed by atoms with Crippen LogP contribution in [0.15, 0.2) is 33.6 Å². The molecule has 0 amide bonds. The Morgan fingerprint density at radius 1 is 1.35 bits per heavy atom. The minimum atomic E-state index is -0.165. The molecule has 2 rings (SSSR count). The Morgan fingerprint density at radius 2 is 2.12 bits per heavy atom. The molecule has 0 spiro atoms. The predicted molar refractivity (Wildman–Crippen MR) is 72.0 cm³/mol. The minimum Gasteiger partial charge on any atom is -0.271 e. The molecule has 90 valence electrons. The Balaban J connectivity index is 2.47. The van der Waals surface area contributed by atoms with Gasteiger partial charge in [-0.05, 0) is 43.5 Å². The van der Waals surface area contributed by atoms with Gasteiger partial charge in [0, 0.05) is 23.9 Å². The highest BCUT2D eigenvalue weighted by atomic mass is 79.9. The van der Waals surface area contributed by atoms with Crippen molar-refractivity contribution >= 4 is 31.9 Å². The number of pyridine rings is 1. The standard InChI is InChI=1S/C10H11Br2N5/c1-17-10(8(12)5-15-17)9(16-13)6-2-7(11)4-14-3-6/h2-5,9,16H,13H2,1H3. The number of aromatic nitrogens is 3. The van der Waals surface area contributed by atoms with E-state index in [-0.39, 0.29) is 6.04 Å². The number of nitrogens with one attached hydrogen (secondary N) is 1. The lowest BCUT2D eigenvalue weighted by atomic mass is 10.1. The molecule has 0 saturated heterocycles. The van der Waals surface area contributed by atoms with E-state index >= 15 is 0 Å². The zero-order valence-electron chi connectivity index (χ0n) is 9.06. The van der Waals surface area contributed by atoms with Crippen molar-refractivity contribution in [2.75, 3.05) is 0 Å². The first kappa shape index (κ1) is 12.7. The van der Waals surface area contributed by atoms with Crippen LogP contribution in [0.1, 0.15) is 17.3 Å². The summed E-state index contributed by atoms with van der Waals surface area (Å²) in [5, 5.41) is 4.18. The van der Waals surface area contributed by atoms with E-state index < -0.39 is 0 Å². The highest BCUT2D eigenvalue weighted by molar-refractivity contribution is 9.10.